The number of nitrogens with one attached hydrogen (secondary N) is 1. The number of hydrogen-bond donors (Lipinski definition) is 1. The van der Waals surface area contributed by atoms with E-state index in [0.717, 1.165) is 30.4 Å². The second-order valence-corrected chi connectivity index (χ2v) is 5.85. The predicted molar refractivity (Wildman–Crippen MR) is 82.7 cm³/mol. The maximum absolute atomic E-state index is 5.34. The molecule has 1 aromatic rings. The molecule has 0 amide bonds. The van der Waals surface area contributed by atoms with Crippen molar-refractivity contribution >= 4 is 0 Å². The molecule has 0 aromatic heterocycles. The smallest absolute Gasteiger partial charge is 0.160 e. The van der Waals surface area contributed by atoms with Crippen molar-refractivity contribution in [1.82, 2.24) is 5.32 Å². The van der Waals surface area contributed by atoms with E-state index in [9.17, 15) is 0 Å². The molecule has 0 atom stereocenters. The summed E-state index contributed by atoms with van der Waals surface area (Å²) >= 11 is 0. The lowest BCUT2D eigenvalue weighted by molar-refractivity contribution is 0.309. The van der Waals surface area contributed by atoms with E-state index in [2.05, 4.69) is 24.4 Å². The maximum Gasteiger partial charge on any atom is 0.160 e. The number of rotatable bonds is 6. The highest BCUT2D eigenvalue weighted by atomic mass is 16.5. The SMILES string of the molecule is COc1ccc(CCNC2CCC(C)CC2)cc1OC. The van der Waals surface area contributed by atoms with Gasteiger partial charge in [0.1, 0.15) is 0 Å². The number of benzene rings is 1. The molecule has 1 saturated carbocycles. The molecular weight excluding hydrogens is 250 g/mol. The zero-order valence-corrected chi connectivity index (χ0v) is 12.9. The van der Waals surface area contributed by atoms with Crippen molar-refractivity contribution in [3.63, 3.8) is 0 Å². The molecule has 20 heavy (non-hydrogen) atoms. The Balaban J connectivity index is 1.79. The van der Waals surface area contributed by atoms with E-state index >= 15 is 0 Å². The summed E-state index contributed by atoms with van der Waals surface area (Å²) in [6.45, 7) is 3.40. The Bertz CT molecular complexity index is 411. The lowest BCUT2D eigenvalue weighted by Gasteiger charge is -2.27. The Morgan fingerprint density at radius 2 is 1.75 bits per heavy atom. The molecule has 3 heteroatoms. The van der Waals surface area contributed by atoms with Gasteiger partial charge in [-0.25, -0.2) is 0 Å². The third-order valence-electron chi connectivity index (χ3n) is 4.31. The Kier molecular flexibility index (Phi) is 5.72. The maximum atomic E-state index is 5.34. The van der Waals surface area contributed by atoms with E-state index in [0.29, 0.717) is 6.04 Å². The summed E-state index contributed by atoms with van der Waals surface area (Å²) in [5, 5.41) is 3.68. The molecule has 0 saturated heterocycles. The quantitative estimate of drug-likeness (QED) is 0.864. The summed E-state index contributed by atoms with van der Waals surface area (Å²) in [5.41, 5.74) is 1.29. The summed E-state index contributed by atoms with van der Waals surface area (Å²) in [5.74, 6) is 2.53. The van der Waals surface area contributed by atoms with Crippen LogP contribution in [0.1, 0.15) is 38.2 Å². The van der Waals surface area contributed by atoms with E-state index < -0.39 is 0 Å². The van der Waals surface area contributed by atoms with Gasteiger partial charge in [-0.1, -0.05) is 13.0 Å². The fraction of sp³-hybridized carbons (Fsp3) is 0.647. The molecule has 1 fully saturated rings. The second kappa shape index (κ2) is 7.53. The van der Waals surface area contributed by atoms with Crippen LogP contribution in [0.25, 0.3) is 0 Å². The van der Waals surface area contributed by atoms with Gasteiger partial charge in [0.15, 0.2) is 11.5 Å². The molecular formula is C17H27NO2. The molecule has 0 radical (unpaired) electrons. The highest BCUT2D eigenvalue weighted by Crippen LogP contribution is 2.27. The summed E-state index contributed by atoms with van der Waals surface area (Å²) < 4.78 is 10.6. The van der Waals surface area contributed by atoms with Crippen molar-refractivity contribution in [1.29, 1.82) is 0 Å². The van der Waals surface area contributed by atoms with Crippen LogP contribution >= 0.6 is 0 Å². The van der Waals surface area contributed by atoms with Crippen LogP contribution in [0, 0.1) is 5.92 Å². The summed E-state index contributed by atoms with van der Waals surface area (Å²) in [6.07, 6.45) is 6.43. The molecule has 0 aliphatic heterocycles. The molecule has 2 rings (SSSR count). The molecule has 0 spiro atoms. The first-order valence-corrected chi connectivity index (χ1v) is 7.67. The first kappa shape index (κ1) is 15.2. The molecule has 0 bridgehead atoms. The van der Waals surface area contributed by atoms with Crippen molar-refractivity contribution in [2.45, 2.75) is 45.1 Å². The fourth-order valence-electron chi connectivity index (χ4n) is 2.92. The van der Waals surface area contributed by atoms with E-state index in [1.807, 2.05) is 6.07 Å². The zero-order valence-electron chi connectivity index (χ0n) is 12.9. The molecule has 1 N–H and O–H groups in total. The fourth-order valence-corrected chi connectivity index (χ4v) is 2.92. The molecule has 0 unspecified atom stereocenters. The Morgan fingerprint density at radius 1 is 1.05 bits per heavy atom. The van der Waals surface area contributed by atoms with Crippen LogP contribution in [0.15, 0.2) is 18.2 Å². The lowest BCUT2D eigenvalue weighted by atomic mass is 9.87. The van der Waals surface area contributed by atoms with Gasteiger partial charge in [-0.2, -0.15) is 0 Å². The van der Waals surface area contributed by atoms with Gasteiger partial charge in [0, 0.05) is 6.04 Å². The standard InChI is InChI=1S/C17H27NO2/c1-13-4-7-15(8-5-13)18-11-10-14-6-9-16(19-2)17(12-14)20-3/h6,9,12-13,15,18H,4-5,7-8,10-11H2,1-3H3. The van der Waals surface area contributed by atoms with Crippen molar-refractivity contribution in [3.8, 4) is 11.5 Å². The summed E-state index contributed by atoms with van der Waals surface area (Å²) in [4.78, 5) is 0. The van der Waals surface area contributed by atoms with Crippen LogP contribution < -0.4 is 14.8 Å². The van der Waals surface area contributed by atoms with Crippen LogP contribution in [-0.2, 0) is 6.42 Å². The van der Waals surface area contributed by atoms with Crippen molar-refractivity contribution in [3.05, 3.63) is 23.8 Å². The summed E-state index contributed by atoms with van der Waals surface area (Å²) in [6, 6.07) is 6.89. The molecule has 3 nitrogen and oxygen atoms in total. The summed E-state index contributed by atoms with van der Waals surface area (Å²) in [7, 11) is 3.35. The first-order chi connectivity index (χ1) is 9.72. The van der Waals surface area contributed by atoms with Gasteiger partial charge in [0.2, 0.25) is 0 Å². The van der Waals surface area contributed by atoms with Gasteiger partial charge >= 0.3 is 0 Å². The van der Waals surface area contributed by atoms with Gasteiger partial charge < -0.3 is 14.8 Å². The lowest BCUT2D eigenvalue weighted by Crippen LogP contribution is -2.34. The predicted octanol–water partition coefficient (Wildman–Crippen LogP) is 3.41. The zero-order chi connectivity index (χ0) is 14.4. The molecule has 112 valence electrons. The molecule has 1 aliphatic rings. The highest BCUT2D eigenvalue weighted by Gasteiger charge is 2.17. The van der Waals surface area contributed by atoms with Crippen molar-refractivity contribution < 1.29 is 9.47 Å². The van der Waals surface area contributed by atoms with Crippen molar-refractivity contribution in [2.75, 3.05) is 20.8 Å². The third-order valence-corrected chi connectivity index (χ3v) is 4.31. The molecule has 1 aromatic carbocycles. The minimum Gasteiger partial charge on any atom is -0.493 e. The third kappa shape index (κ3) is 4.14. The largest absolute Gasteiger partial charge is 0.493 e. The van der Waals surface area contributed by atoms with Crippen LogP contribution in [0.3, 0.4) is 0 Å². The minimum absolute atomic E-state index is 0.714. The van der Waals surface area contributed by atoms with Gasteiger partial charge in [-0.15, -0.1) is 0 Å². The minimum atomic E-state index is 0.714. The topological polar surface area (TPSA) is 30.5 Å². The van der Waals surface area contributed by atoms with Crippen LogP contribution in [-0.4, -0.2) is 26.8 Å². The first-order valence-electron chi connectivity index (χ1n) is 7.67. The Hall–Kier alpha value is -1.22. The average molecular weight is 277 g/mol. The number of methoxy groups -OCH3 is 2. The monoisotopic (exact) mass is 277 g/mol. The Labute approximate surface area is 122 Å². The average Bonchev–Trinajstić information content (AvgIpc) is 2.49. The van der Waals surface area contributed by atoms with E-state index in [1.165, 1.54) is 31.2 Å². The molecule has 0 heterocycles. The van der Waals surface area contributed by atoms with Gasteiger partial charge in [-0.3, -0.25) is 0 Å². The van der Waals surface area contributed by atoms with E-state index in [4.69, 9.17) is 9.47 Å². The van der Waals surface area contributed by atoms with Crippen LogP contribution in [0.5, 0.6) is 11.5 Å². The van der Waals surface area contributed by atoms with Crippen LogP contribution in [0.4, 0.5) is 0 Å². The normalized spacial score (nSPS) is 22.6. The Morgan fingerprint density at radius 3 is 2.40 bits per heavy atom. The number of hydrogen-bond acceptors (Lipinski definition) is 3. The van der Waals surface area contributed by atoms with Gasteiger partial charge in [0.05, 0.1) is 14.2 Å². The van der Waals surface area contributed by atoms with Crippen LogP contribution in [0.2, 0.25) is 0 Å². The van der Waals surface area contributed by atoms with Crippen molar-refractivity contribution in [2.24, 2.45) is 5.92 Å². The van der Waals surface area contributed by atoms with Gasteiger partial charge in [0.25, 0.3) is 0 Å². The van der Waals surface area contributed by atoms with E-state index in [1.54, 1.807) is 14.2 Å². The number of ether oxygens (including phenoxy) is 2. The molecule has 1 aliphatic carbocycles. The second-order valence-electron chi connectivity index (χ2n) is 5.85. The van der Waals surface area contributed by atoms with E-state index in [-0.39, 0.29) is 0 Å². The highest BCUT2D eigenvalue weighted by molar-refractivity contribution is 5.42. The van der Waals surface area contributed by atoms with Gasteiger partial charge in [-0.05, 0) is 62.3 Å².